The molecular weight excluding hydrogens is 367 g/mol. The molecule has 0 aromatic heterocycles. The van der Waals surface area contributed by atoms with Gasteiger partial charge in [-0.25, -0.2) is 0 Å². The van der Waals surface area contributed by atoms with Gasteiger partial charge in [-0.1, -0.05) is 23.9 Å². The Bertz CT molecular complexity index is 730. The molecule has 0 spiro atoms. The van der Waals surface area contributed by atoms with Crippen molar-refractivity contribution in [2.75, 3.05) is 6.26 Å². The predicted molar refractivity (Wildman–Crippen MR) is 93.0 cm³/mol. The Labute approximate surface area is 164 Å². The van der Waals surface area contributed by atoms with Gasteiger partial charge in [0.2, 0.25) is 5.44 Å². The maximum absolute atomic E-state index is 11.3. The van der Waals surface area contributed by atoms with Crippen molar-refractivity contribution < 1.29 is 22.6 Å². The Hall–Kier alpha value is -0.0300. The molecule has 0 aliphatic heterocycles. The molecule has 0 saturated carbocycles. The van der Waals surface area contributed by atoms with Crippen LogP contribution in [0.2, 0.25) is 0 Å². The van der Waals surface area contributed by atoms with Gasteiger partial charge in [0, 0.05) is 9.79 Å². The minimum absolute atomic E-state index is 0. The Morgan fingerprint density at radius 2 is 1.48 bits per heavy atom. The SMILES string of the molecule is C[S+]([O-])c1ccc(Sc2ccc(C(O)S(=O)(=O)O)cc2)cc1.[NaH]. The second-order valence-corrected chi connectivity index (χ2v) is 8.47. The number of aliphatic hydroxyl groups is 1. The molecule has 2 rings (SSSR count). The first-order valence-electron chi connectivity index (χ1n) is 6.13. The minimum atomic E-state index is -4.52. The summed E-state index contributed by atoms with van der Waals surface area (Å²) >= 11 is 0.425. The molecule has 0 bridgehead atoms. The van der Waals surface area contributed by atoms with Crippen molar-refractivity contribution in [2.45, 2.75) is 20.1 Å². The number of benzene rings is 2. The van der Waals surface area contributed by atoms with Crippen LogP contribution in [0.4, 0.5) is 0 Å². The van der Waals surface area contributed by atoms with E-state index in [2.05, 4.69) is 0 Å². The maximum atomic E-state index is 11.3. The molecule has 2 aromatic carbocycles. The third-order valence-electron chi connectivity index (χ3n) is 2.84. The van der Waals surface area contributed by atoms with Crippen LogP contribution >= 0.6 is 11.8 Å². The molecule has 0 radical (unpaired) electrons. The Morgan fingerprint density at radius 3 is 1.87 bits per heavy atom. The van der Waals surface area contributed by atoms with Gasteiger partial charge in [0.1, 0.15) is 6.26 Å². The van der Waals surface area contributed by atoms with Crippen LogP contribution in [0.5, 0.6) is 0 Å². The van der Waals surface area contributed by atoms with E-state index in [4.69, 9.17) is 4.55 Å². The summed E-state index contributed by atoms with van der Waals surface area (Å²) in [6.45, 7) is 0. The van der Waals surface area contributed by atoms with Gasteiger partial charge in [-0.05, 0) is 53.1 Å². The second-order valence-electron chi connectivity index (χ2n) is 4.46. The second kappa shape index (κ2) is 8.89. The molecule has 2 N–H and O–H groups in total. The van der Waals surface area contributed by atoms with Crippen LogP contribution in [0, 0.1) is 0 Å². The Morgan fingerprint density at radius 1 is 1.04 bits per heavy atom. The summed E-state index contributed by atoms with van der Waals surface area (Å²) in [6, 6.07) is 13.5. The van der Waals surface area contributed by atoms with Gasteiger partial charge in [-0.15, -0.1) is 0 Å². The normalized spacial score (nSPS) is 13.9. The van der Waals surface area contributed by atoms with E-state index in [1.54, 1.807) is 30.5 Å². The number of hydrogen-bond donors (Lipinski definition) is 2. The molecule has 0 heterocycles. The summed E-state index contributed by atoms with van der Waals surface area (Å²) in [5.74, 6) is 0. The average Bonchev–Trinajstić information content (AvgIpc) is 2.47. The summed E-state index contributed by atoms with van der Waals surface area (Å²) in [5, 5.41) is 9.45. The van der Waals surface area contributed by atoms with Crippen LogP contribution in [0.1, 0.15) is 11.0 Å². The zero-order valence-corrected chi connectivity index (χ0v) is 14.0. The third kappa shape index (κ3) is 6.08. The first-order valence-corrected chi connectivity index (χ1v) is 10.0. The number of rotatable bonds is 5. The fourth-order valence-electron chi connectivity index (χ4n) is 1.71. The average molecular weight is 382 g/mol. The molecule has 2 unspecified atom stereocenters. The van der Waals surface area contributed by atoms with Crippen molar-refractivity contribution in [3.05, 3.63) is 54.1 Å². The number of hydrogen-bond acceptors (Lipinski definition) is 5. The first-order chi connectivity index (χ1) is 10.3. The van der Waals surface area contributed by atoms with Crippen molar-refractivity contribution >= 4 is 62.6 Å². The van der Waals surface area contributed by atoms with Gasteiger partial charge >= 0.3 is 29.6 Å². The molecule has 120 valence electrons. The van der Waals surface area contributed by atoms with Gasteiger partial charge in [-0.3, -0.25) is 4.55 Å². The van der Waals surface area contributed by atoms with E-state index in [1.807, 2.05) is 12.1 Å². The van der Waals surface area contributed by atoms with Gasteiger partial charge < -0.3 is 9.66 Å². The topological polar surface area (TPSA) is 97.7 Å². The molecule has 2 aromatic rings. The zero-order chi connectivity index (χ0) is 16.3. The van der Waals surface area contributed by atoms with E-state index >= 15 is 0 Å². The van der Waals surface area contributed by atoms with Gasteiger partial charge in [0.15, 0.2) is 4.90 Å². The molecule has 0 aliphatic rings. The van der Waals surface area contributed by atoms with Crippen LogP contribution in [0.15, 0.2) is 63.2 Å². The molecule has 0 saturated heterocycles. The summed E-state index contributed by atoms with van der Waals surface area (Å²) < 4.78 is 41.9. The van der Waals surface area contributed by atoms with E-state index in [9.17, 15) is 18.1 Å². The molecule has 0 amide bonds. The quantitative estimate of drug-likeness (QED) is 0.465. The van der Waals surface area contributed by atoms with Crippen molar-refractivity contribution in [2.24, 2.45) is 0 Å². The van der Waals surface area contributed by atoms with E-state index in [1.165, 1.54) is 23.9 Å². The summed E-state index contributed by atoms with van der Waals surface area (Å²) in [5.41, 5.74) is -1.84. The van der Waals surface area contributed by atoms with E-state index in [0.29, 0.717) is 0 Å². The fourth-order valence-corrected chi connectivity index (χ4v) is 3.54. The van der Waals surface area contributed by atoms with Gasteiger partial charge in [-0.2, -0.15) is 8.42 Å². The summed E-state index contributed by atoms with van der Waals surface area (Å²) in [4.78, 5) is 2.53. The van der Waals surface area contributed by atoms with Crippen LogP contribution < -0.4 is 0 Å². The van der Waals surface area contributed by atoms with Crippen LogP contribution in [0.25, 0.3) is 0 Å². The summed E-state index contributed by atoms with van der Waals surface area (Å²) in [7, 11) is -4.52. The van der Waals surface area contributed by atoms with E-state index in [-0.39, 0.29) is 35.1 Å². The third-order valence-corrected chi connectivity index (χ3v) is 5.63. The Balaban J connectivity index is 0.00000264. The van der Waals surface area contributed by atoms with E-state index in [0.717, 1.165) is 14.7 Å². The van der Waals surface area contributed by atoms with E-state index < -0.39 is 26.7 Å². The van der Waals surface area contributed by atoms with Crippen LogP contribution in [-0.4, -0.2) is 58.4 Å². The molecule has 0 aliphatic carbocycles. The first kappa shape index (κ1) is 21.0. The molecule has 0 fully saturated rings. The van der Waals surface area contributed by atoms with Gasteiger partial charge in [0.05, 0.1) is 0 Å². The monoisotopic (exact) mass is 382 g/mol. The summed E-state index contributed by atoms with van der Waals surface area (Å²) in [6.07, 6.45) is 1.61. The van der Waals surface area contributed by atoms with Crippen molar-refractivity contribution in [3.63, 3.8) is 0 Å². The number of aliphatic hydroxyl groups excluding tert-OH is 1. The van der Waals surface area contributed by atoms with Crippen LogP contribution in [-0.2, 0) is 21.3 Å². The zero-order valence-electron chi connectivity index (χ0n) is 11.5. The molecule has 2 atom stereocenters. The Kier molecular flexibility index (Phi) is 8.12. The fraction of sp³-hybridized carbons (Fsp3) is 0.143. The van der Waals surface area contributed by atoms with Crippen molar-refractivity contribution in [3.8, 4) is 0 Å². The molecule has 23 heavy (non-hydrogen) atoms. The van der Waals surface area contributed by atoms with Crippen molar-refractivity contribution in [1.29, 1.82) is 0 Å². The molecular formula is C14H15NaO5S3. The van der Waals surface area contributed by atoms with Gasteiger partial charge in [0.25, 0.3) is 10.1 Å². The predicted octanol–water partition coefficient (Wildman–Crippen LogP) is 1.81. The molecule has 9 heteroatoms. The molecule has 5 nitrogen and oxygen atoms in total. The standard InChI is InChI=1S/C14H14O5S3.Na.H/c1-21(16)13-8-6-12(7-9-13)20-11-4-2-10(3-5-11)14(15)22(17,18)19;;/h2-9,14-15H,1H3,(H,17,18,19);;. The van der Waals surface area contributed by atoms with Crippen LogP contribution in [0.3, 0.4) is 0 Å². The van der Waals surface area contributed by atoms with Crippen molar-refractivity contribution in [1.82, 2.24) is 0 Å².